The monoisotopic (exact) mass is 242 g/mol. The van der Waals surface area contributed by atoms with Gasteiger partial charge in [0.15, 0.2) is 0 Å². The summed E-state index contributed by atoms with van der Waals surface area (Å²) < 4.78 is 0. The first-order chi connectivity index (χ1) is 7.47. The minimum Gasteiger partial charge on any atom is -0.478 e. The van der Waals surface area contributed by atoms with E-state index in [0.29, 0.717) is 17.5 Å². The molecule has 0 aromatic carbocycles. The Morgan fingerprint density at radius 3 is 2.62 bits per heavy atom. The highest BCUT2D eigenvalue weighted by atomic mass is 35.5. The van der Waals surface area contributed by atoms with Crippen LogP contribution in [0, 0.1) is 0 Å². The summed E-state index contributed by atoms with van der Waals surface area (Å²) in [6.45, 7) is 6.61. The predicted molar refractivity (Wildman–Crippen MR) is 64.4 cm³/mol. The summed E-state index contributed by atoms with van der Waals surface area (Å²) in [5, 5.41) is 9.38. The topological polar surface area (TPSA) is 53.4 Å². The average Bonchev–Trinajstić information content (AvgIpc) is 2.17. The number of nitrogens with zero attached hydrogens (tertiary/aromatic N) is 2. The van der Waals surface area contributed by atoms with Crippen molar-refractivity contribution < 1.29 is 9.90 Å². The summed E-state index contributed by atoms with van der Waals surface area (Å²) in [7, 11) is 0. The number of anilines is 1. The van der Waals surface area contributed by atoms with Crippen molar-refractivity contribution in [3.05, 3.63) is 22.8 Å². The third kappa shape index (κ3) is 2.64. The SMILES string of the molecule is CCN(c1nc(Cl)ccc1C(=O)O)C(C)C. The van der Waals surface area contributed by atoms with Gasteiger partial charge in [0.05, 0.1) is 0 Å². The first-order valence-corrected chi connectivity index (χ1v) is 5.51. The second-order valence-corrected chi connectivity index (χ2v) is 4.08. The first kappa shape index (κ1) is 12.8. The van der Waals surface area contributed by atoms with Gasteiger partial charge in [-0.05, 0) is 32.9 Å². The van der Waals surface area contributed by atoms with Crippen LogP contribution in [0.2, 0.25) is 5.15 Å². The molecule has 0 radical (unpaired) electrons. The van der Waals surface area contributed by atoms with Gasteiger partial charge < -0.3 is 10.0 Å². The molecule has 0 atom stereocenters. The van der Waals surface area contributed by atoms with Crippen LogP contribution in [0.3, 0.4) is 0 Å². The zero-order valence-corrected chi connectivity index (χ0v) is 10.3. The van der Waals surface area contributed by atoms with Crippen LogP contribution < -0.4 is 4.90 Å². The summed E-state index contributed by atoms with van der Waals surface area (Å²) in [5.74, 6) is -0.559. The molecule has 0 aliphatic rings. The zero-order valence-electron chi connectivity index (χ0n) is 9.57. The number of hydrogen-bond donors (Lipinski definition) is 1. The number of carboxylic acids is 1. The van der Waals surface area contributed by atoms with E-state index in [-0.39, 0.29) is 11.6 Å². The van der Waals surface area contributed by atoms with Gasteiger partial charge in [0.2, 0.25) is 0 Å². The van der Waals surface area contributed by atoms with E-state index in [1.807, 2.05) is 25.7 Å². The Hall–Kier alpha value is -1.29. The van der Waals surface area contributed by atoms with Crippen LogP contribution in [-0.4, -0.2) is 28.6 Å². The normalized spacial score (nSPS) is 10.6. The molecule has 16 heavy (non-hydrogen) atoms. The summed E-state index contributed by atoms with van der Waals surface area (Å²) in [6, 6.07) is 3.15. The number of carboxylic acid groups (broad SMARTS) is 1. The number of pyridine rings is 1. The molecule has 0 aliphatic carbocycles. The van der Waals surface area contributed by atoms with Crippen LogP contribution in [0.25, 0.3) is 0 Å². The minimum absolute atomic E-state index is 0.175. The lowest BCUT2D eigenvalue weighted by Crippen LogP contribution is -2.32. The molecule has 0 aliphatic heterocycles. The van der Waals surface area contributed by atoms with E-state index in [2.05, 4.69) is 4.98 Å². The molecule has 5 heteroatoms. The van der Waals surface area contributed by atoms with Crippen LogP contribution >= 0.6 is 11.6 Å². The van der Waals surface area contributed by atoms with E-state index in [1.54, 1.807) is 0 Å². The molecular weight excluding hydrogens is 228 g/mol. The summed E-state index contributed by atoms with van der Waals surface area (Å²) >= 11 is 5.80. The molecule has 0 bridgehead atoms. The van der Waals surface area contributed by atoms with Gasteiger partial charge >= 0.3 is 5.97 Å². The van der Waals surface area contributed by atoms with Crippen LogP contribution in [0.4, 0.5) is 5.82 Å². The van der Waals surface area contributed by atoms with Gasteiger partial charge in [-0.3, -0.25) is 0 Å². The van der Waals surface area contributed by atoms with Gasteiger partial charge in [-0.25, -0.2) is 9.78 Å². The second kappa shape index (κ2) is 5.16. The van der Waals surface area contributed by atoms with Crippen molar-refractivity contribution in [1.29, 1.82) is 0 Å². The van der Waals surface area contributed by atoms with Crippen molar-refractivity contribution in [2.75, 3.05) is 11.4 Å². The summed E-state index contributed by atoms with van der Waals surface area (Å²) in [4.78, 5) is 17.1. The number of aromatic nitrogens is 1. The van der Waals surface area contributed by atoms with E-state index in [0.717, 1.165) is 0 Å². The van der Waals surface area contributed by atoms with Gasteiger partial charge in [0, 0.05) is 12.6 Å². The predicted octanol–water partition coefficient (Wildman–Crippen LogP) is 2.67. The Labute approximate surface area is 99.9 Å². The van der Waals surface area contributed by atoms with E-state index < -0.39 is 5.97 Å². The van der Waals surface area contributed by atoms with Crippen molar-refractivity contribution in [1.82, 2.24) is 4.98 Å². The molecule has 1 aromatic rings. The highest BCUT2D eigenvalue weighted by Gasteiger charge is 2.19. The lowest BCUT2D eigenvalue weighted by atomic mass is 10.2. The smallest absolute Gasteiger partial charge is 0.339 e. The Bertz CT molecular complexity index is 394. The Balaban J connectivity index is 3.27. The maximum absolute atomic E-state index is 11.1. The third-order valence-corrected chi connectivity index (χ3v) is 2.52. The van der Waals surface area contributed by atoms with Crippen LogP contribution in [0.5, 0.6) is 0 Å². The Morgan fingerprint density at radius 1 is 1.56 bits per heavy atom. The molecule has 0 saturated heterocycles. The maximum atomic E-state index is 11.1. The molecule has 4 nitrogen and oxygen atoms in total. The Morgan fingerprint density at radius 2 is 2.19 bits per heavy atom. The molecule has 1 heterocycles. The molecule has 0 fully saturated rings. The second-order valence-electron chi connectivity index (χ2n) is 3.69. The quantitative estimate of drug-likeness (QED) is 0.825. The fourth-order valence-electron chi connectivity index (χ4n) is 1.57. The van der Waals surface area contributed by atoms with Gasteiger partial charge in [0.25, 0.3) is 0 Å². The molecule has 88 valence electrons. The van der Waals surface area contributed by atoms with E-state index in [4.69, 9.17) is 16.7 Å². The number of rotatable bonds is 4. The first-order valence-electron chi connectivity index (χ1n) is 5.13. The van der Waals surface area contributed by atoms with Crippen molar-refractivity contribution >= 4 is 23.4 Å². The largest absolute Gasteiger partial charge is 0.478 e. The number of halogens is 1. The fourth-order valence-corrected chi connectivity index (χ4v) is 1.71. The standard InChI is InChI=1S/C11H15ClN2O2/c1-4-14(7(2)3)10-8(11(15)16)5-6-9(12)13-10/h5-7H,4H2,1-3H3,(H,15,16). The molecule has 0 spiro atoms. The molecule has 1 aromatic heterocycles. The molecule has 0 saturated carbocycles. The molecule has 1 rings (SSSR count). The minimum atomic E-state index is -0.988. The van der Waals surface area contributed by atoms with Crippen LogP contribution in [0.1, 0.15) is 31.1 Å². The van der Waals surface area contributed by atoms with Crippen LogP contribution in [-0.2, 0) is 0 Å². The van der Waals surface area contributed by atoms with E-state index in [9.17, 15) is 4.79 Å². The molecular formula is C11H15ClN2O2. The van der Waals surface area contributed by atoms with Gasteiger partial charge in [-0.15, -0.1) is 0 Å². The molecule has 0 unspecified atom stereocenters. The fraction of sp³-hybridized carbons (Fsp3) is 0.455. The zero-order chi connectivity index (χ0) is 12.3. The number of hydrogen-bond acceptors (Lipinski definition) is 3. The van der Waals surface area contributed by atoms with Crippen molar-refractivity contribution in [3.63, 3.8) is 0 Å². The third-order valence-electron chi connectivity index (χ3n) is 2.31. The maximum Gasteiger partial charge on any atom is 0.339 e. The van der Waals surface area contributed by atoms with Crippen LogP contribution in [0.15, 0.2) is 12.1 Å². The number of carbonyl (C=O) groups is 1. The highest BCUT2D eigenvalue weighted by molar-refractivity contribution is 6.29. The number of aromatic carboxylic acids is 1. The summed E-state index contributed by atoms with van der Waals surface area (Å²) in [5.41, 5.74) is 0.181. The highest BCUT2D eigenvalue weighted by Crippen LogP contribution is 2.22. The lowest BCUT2D eigenvalue weighted by molar-refractivity contribution is 0.0697. The van der Waals surface area contributed by atoms with Gasteiger partial charge in [0.1, 0.15) is 16.5 Å². The van der Waals surface area contributed by atoms with Crippen molar-refractivity contribution in [3.8, 4) is 0 Å². The average molecular weight is 243 g/mol. The van der Waals surface area contributed by atoms with E-state index >= 15 is 0 Å². The summed E-state index contributed by atoms with van der Waals surface area (Å²) in [6.07, 6.45) is 0. The van der Waals surface area contributed by atoms with Gasteiger partial charge in [-0.1, -0.05) is 11.6 Å². The molecule has 1 N–H and O–H groups in total. The molecule has 0 amide bonds. The van der Waals surface area contributed by atoms with Gasteiger partial charge in [-0.2, -0.15) is 0 Å². The lowest BCUT2D eigenvalue weighted by Gasteiger charge is -2.27. The van der Waals surface area contributed by atoms with Crippen molar-refractivity contribution in [2.24, 2.45) is 0 Å². The Kier molecular flexibility index (Phi) is 4.12. The van der Waals surface area contributed by atoms with E-state index in [1.165, 1.54) is 12.1 Å². The van der Waals surface area contributed by atoms with Crippen molar-refractivity contribution in [2.45, 2.75) is 26.8 Å².